The molecule has 0 radical (unpaired) electrons. The maximum atomic E-state index is 6.38. The van der Waals surface area contributed by atoms with E-state index in [1.165, 1.54) is 0 Å². The molecular formula is C14H13Cl4N. The average molecular weight is 337 g/mol. The molecular weight excluding hydrogens is 324 g/mol. The van der Waals surface area contributed by atoms with E-state index in [0.29, 0.717) is 15.1 Å². The van der Waals surface area contributed by atoms with Crippen LogP contribution in [0, 0.1) is 0 Å². The standard InChI is InChI=1S/C14H13Cl4N/c1-19(2)12-6-3-8(15)7-9(12)13-10(16)4-5-11(17)14(13)18/h3-7,10,13H,1-2H3. The molecule has 1 aromatic carbocycles. The van der Waals surface area contributed by atoms with Gasteiger partial charge in [-0.05, 0) is 29.8 Å². The van der Waals surface area contributed by atoms with Crippen LogP contribution >= 0.6 is 46.4 Å². The molecule has 1 nitrogen and oxygen atoms in total. The summed E-state index contributed by atoms with van der Waals surface area (Å²) in [5, 5.41) is 1.48. The number of hydrogen-bond acceptors (Lipinski definition) is 1. The molecule has 0 aliphatic heterocycles. The summed E-state index contributed by atoms with van der Waals surface area (Å²) in [5.74, 6) is -0.183. The second kappa shape index (κ2) is 5.97. The highest BCUT2D eigenvalue weighted by Crippen LogP contribution is 2.44. The number of halogens is 4. The first-order chi connectivity index (χ1) is 8.91. The lowest BCUT2D eigenvalue weighted by Crippen LogP contribution is -2.19. The third-order valence-corrected chi connectivity index (χ3v) is 4.55. The number of hydrogen-bond donors (Lipinski definition) is 0. The molecule has 0 aromatic heterocycles. The Morgan fingerprint density at radius 2 is 1.79 bits per heavy atom. The molecule has 0 amide bonds. The molecule has 1 aliphatic carbocycles. The Kier molecular flexibility index (Phi) is 4.73. The molecule has 2 unspecified atom stereocenters. The zero-order valence-electron chi connectivity index (χ0n) is 10.5. The van der Waals surface area contributed by atoms with Crippen LogP contribution in [0.2, 0.25) is 5.02 Å². The van der Waals surface area contributed by atoms with E-state index in [1.54, 1.807) is 6.08 Å². The van der Waals surface area contributed by atoms with Crippen molar-refractivity contribution >= 4 is 52.1 Å². The van der Waals surface area contributed by atoms with Crippen LogP contribution in [0.5, 0.6) is 0 Å². The van der Waals surface area contributed by atoms with Gasteiger partial charge in [0.15, 0.2) is 0 Å². The first-order valence-electron chi connectivity index (χ1n) is 5.76. The zero-order chi connectivity index (χ0) is 14.2. The molecule has 0 saturated heterocycles. The zero-order valence-corrected chi connectivity index (χ0v) is 13.5. The highest BCUT2D eigenvalue weighted by molar-refractivity contribution is 6.41. The second-order valence-electron chi connectivity index (χ2n) is 4.57. The van der Waals surface area contributed by atoms with Gasteiger partial charge < -0.3 is 4.90 Å². The lowest BCUT2D eigenvalue weighted by Gasteiger charge is -2.28. The predicted molar refractivity (Wildman–Crippen MR) is 86.0 cm³/mol. The fourth-order valence-corrected chi connectivity index (χ4v) is 3.23. The number of rotatable bonds is 2. The van der Waals surface area contributed by atoms with Crippen molar-refractivity contribution in [3.05, 3.63) is 51.0 Å². The summed E-state index contributed by atoms with van der Waals surface area (Å²) in [6, 6.07) is 5.70. The van der Waals surface area contributed by atoms with Crippen LogP contribution in [0.3, 0.4) is 0 Å². The monoisotopic (exact) mass is 335 g/mol. The summed E-state index contributed by atoms with van der Waals surface area (Å²) < 4.78 is 0. The third kappa shape index (κ3) is 3.05. The van der Waals surface area contributed by atoms with Crippen molar-refractivity contribution in [2.75, 3.05) is 19.0 Å². The minimum atomic E-state index is -0.243. The van der Waals surface area contributed by atoms with Crippen molar-refractivity contribution in [1.82, 2.24) is 0 Å². The SMILES string of the molecule is CN(C)c1ccc(Cl)cc1C1C(Cl)=C(Cl)C=CC1Cl. The normalized spacial score (nSPS) is 22.8. The van der Waals surface area contributed by atoms with Gasteiger partial charge in [-0.25, -0.2) is 0 Å². The van der Waals surface area contributed by atoms with Crippen molar-refractivity contribution in [3.63, 3.8) is 0 Å². The van der Waals surface area contributed by atoms with Gasteiger partial charge in [-0.15, -0.1) is 11.6 Å². The van der Waals surface area contributed by atoms with Gasteiger partial charge in [0.05, 0.1) is 10.4 Å². The minimum Gasteiger partial charge on any atom is -0.377 e. The summed E-state index contributed by atoms with van der Waals surface area (Å²) in [6.45, 7) is 0. The molecule has 0 saturated carbocycles. The second-order valence-corrected chi connectivity index (χ2v) is 6.33. The van der Waals surface area contributed by atoms with Crippen molar-refractivity contribution < 1.29 is 0 Å². The lowest BCUT2D eigenvalue weighted by atomic mass is 9.90. The first kappa shape index (κ1) is 15.1. The average Bonchev–Trinajstić information content (AvgIpc) is 2.34. The molecule has 2 atom stereocenters. The summed E-state index contributed by atoms with van der Waals surface area (Å²) in [6.07, 6.45) is 3.58. The van der Waals surface area contributed by atoms with Crippen LogP contribution in [-0.2, 0) is 0 Å². The lowest BCUT2D eigenvalue weighted by molar-refractivity contribution is 0.836. The third-order valence-electron chi connectivity index (χ3n) is 3.05. The van der Waals surface area contributed by atoms with Crippen molar-refractivity contribution in [1.29, 1.82) is 0 Å². The van der Waals surface area contributed by atoms with E-state index in [4.69, 9.17) is 46.4 Å². The van der Waals surface area contributed by atoms with Gasteiger partial charge in [0.25, 0.3) is 0 Å². The van der Waals surface area contributed by atoms with Gasteiger partial charge in [-0.3, -0.25) is 0 Å². The molecule has 1 aromatic rings. The Labute approximate surface area is 133 Å². The van der Waals surface area contributed by atoms with Crippen LogP contribution < -0.4 is 4.90 Å². The molecule has 0 fully saturated rings. The van der Waals surface area contributed by atoms with Gasteiger partial charge in [0, 0.05) is 35.8 Å². The Morgan fingerprint density at radius 3 is 2.42 bits per heavy atom. The van der Waals surface area contributed by atoms with Crippen LogP contribution in [0.25, 0.3) is 0 Å². The van der Waals surface area contributed by atoms with E-state index in [1.807, 2.05) is 43.3 Å². The predicted octanol–water partition coefficient (Wildman–Crippen LogP) is 5.36. The minimum absolute atomic E-state index is 0.183. The summed E-state index contributed by atoms with van der Waals surface area (Å²) >= 11 is 24.9. The molecule has 19 heavy (non-hydrogen) atoms. The topological polar surface area (TPSA) is 3.24 Å². The molecule has 102 valence electrons. The van der Waals surface area contributed by atoms with E-state index >= 15 is 0 Å². The molecule has 2 rings (SSSR count). The quantitative estimate of drug-likeness (QED) is 0.657. The molecule has 5 heteroatoms. The summed E-state index contributed by atoms with van der Waals surface area (Å²) in [4.78, 5) is 2.01. The van der Waals surface area contributed by atoms with Gasteiger partial charge in [-0.2, -0.15) is 0 Å². The van der Waals surface area contributed by atoms with E-state index in [0.717, 1.165) is 11.3 Å². The Hall–Kier alpha value is -0.340. The molecule has 1 aliphatic rings. The fourth-order valence-electron chi connectivity index (χ4n) is 2.15. The smallest absolute Gasteiger partial charge is 0.0638 e. The van der Waals surface area contributed by atoms with Crippen molar-refractivity contribution in [3.8, 4) is 0 Å². The largest absolute Gasteiger partial charge is 0.377 e. The van der Waals surface area contributed by atoms with Gasteiger partial charge >= 0.3 is 0 Å². The maximum Gasteiger partial charge on any atom is 0.0638 e. The van der Waals surface area contributed by atoms with Gasteiger partial charge in [0.2, 0.25) is 0 Å². The summed E-state index contributed by atoms with van der Waals surface area (Å²) in [5.41, 5.74) is 2.00. The molecule has 0 bridgehead atoms. The Morgan fingerprint density at radius 1 is 1.11 bits per heavy atom. The number of anilines is 1. The summed E-state index contributed by atoms with van der Waals surface area (Å²) in [7, 11) is 3.93. The number of allylic oxidation sites excluding steroid dienone is 4. The van der Waals surface area contributed by atoms with Crippen molar-refractivity contribution in [2.24, 2.45) is 0 Å². The number of alkyl halides is 1. The number of nitrogens with zero attached hydrogens (tertiary/aromatic N) is 1. The van der Waals surface area contributed by atoms with Crippen LogP contribution in [-0.4, -0.2) is 19.5 Å². The molecule has 0 N–H and O–H groups in total. The van der Waals surface area contributed by atoms with Gasteiger partial charge in [0.1, 0.15) is 0 Å². The Balaban J connectivity index is 2.57. The van der Waals surface area contributed by atoms with Gasteiger partial charge in [-0.1, -0.05) is 40.9 Å². The Bertz CT molecular complexity index is 548. The highest BCUT2D eigenvalue weighted by Gasteiger charge is 2.29. The van der Waals surface area contributed by atoms with Crippen LogP contribution in [0.15, 0.2) is 40.4 Å². The van der Waals surface area contributed by atoms with Crippen molar-refractivity contribution in [2.45, 2.75) is 11.3 Å². The highest BCUT2D eigenvalue weighted by atomic mass is 35.5. The van der Waals surface area contributed by atoms with E-state index in [9.17, 15) is 0 Å². The van der Waals surface area contributed by atoms with E-state index < -0.39 is 0 Å². The van der Waals surface area contributed by atoms with Crippen LogP contribution in [0.4, 0.5) is 5.69 Å². The number of benzene rings is 1. The molecule has 0 heterocycles. The maximum absolute atomic E-state index is 6.38. The first-order valence-corrected chi connectivity index (χ1v) is 7.33. The fraction of sp³-hybridized carbons (Fsp3) is 0.286. The molecule has 0 spiro atoms. The van der Waals surface area contributed by atoms with E-state index in [2.05, 4.69) is 0 Å². The van der Waals surface area contributed by atoms with Crippen LogP contribution in [0.1, 0.15) is 11.5 Å². The van der Waals surface area contributed by atoms with E-state index in [-0.39, 0.29) is 11.3 Å².